The molecule has 9 heteroatoms. The molecular formula is C24H24ClN5O2S. The van der Waals surface area contributed by atoms with E-state index in [2.05, 4.69) is 31.9 Å². The third kappa shape index (κ3) is 4.29. The van der Waals surface area contributed by atoms with Gasteiger partial charge in [-0.3, -0.25) is 9.20 Å². The molecule has 1 fully saturated rings. The van der Waals surface area contributed by atoms with E-state index in [0.29, 0.717) is 15.6 Å². The minimum atomic E-state index is -0.525. The Morgan fingerprint density at radius 2 is 2.03 bits per heavy atom. The summed E-state index contributed by atoms with van der Waals surface area (Å²) in [4.78, 5) is 20.3. The molecule has 33 heavy (non-hydrogen) atoms. The second-order valence-electron chi connectivity index (χ2n) is 7.95. The van der Waals surface area contributed by atoms with Gasteiger partial charge in [-0.1, -0.05) is 29.8 Å². The number of thiophene rings is 1. The fourth-order valence-electron chi connectivity index (χ4n) is 4.08. The van der Waals surface area contributed by atoms with Crippen molar-refractivity contribution in [3.8, 4) is 16.3 Å². The number of ether oxygens (including phenoxy) is 1. The van der Waals surface area contributed by atoms with Crippen LogP contribution in [0.15, 0.2) is 54.9 Å². The maximum atomic E-state index is 12.2. The van der Waals surface area contributed by atoms with Crippen LogP contribution in [0.25, 0.3) is 16.2 Å². The van der Waals surface area contributed by atoms with E-state index in [9.17, 15) is 4.79 Å². The van der Waals surface area contributed by atoms with Gasteiger partial charge in [0.2, 0.25) is 0 Å². The summed E-state index contributed by atoms with van der Waals surface area (Å²) in [6.45, 7) is 5.74. The van der Waals surface area contributed by atoms with Gasteiger partial charge in [-0.25, -0.2) is 4.98 Å². The number of hydrogen-bond acceptors (Lipinski definition) is 6. The number of nitrogens with one attached hydrogen (secondary N) is 1. The third-order valence-electron chi connectivity index (χ3n) is 5.79. The van der Waals surface area contributed by atoms with E-state index in [1.165, 1.54) is 11.3 Å². The van der Waals surface area contributed by atoms with Crippen molar-refractivity contribution in [1.29, 1.82) is 0 Å². The van der Waals surface area contributed by atoms with E-state index in [-0.39, 0.29) is 6.10 Å². The average Bonchev–Trinajstić information content (AvgIpc) is 3.43. The van der Waals surface area contributed by atoms with E-state index in [0.717, 1.165) is 53.6 Å². The number of pyridine rings is 1. The third-order valence-corrected chi connectivity index (χ3v) is 7.29. The SMILES string of the molecule is C[C@@H](Oc1cc(-c2cnc3ccc(N4CCNCC4)cn23)sc1C(N)=O)c1ccccc1Cl. The summed E-state index contributed by atoms with van der Waals surface area (Å²) >= 11 is 7.64. The number of nitrogens with two attached hydrogens (primary N) is 1. The van der Waals surface area contributed by atoms with E-state index in [4.69, 9.17) is 22.1 Å². The lowest BCUT2D eigenvalue weighted by atomic mass is 10.1. The molecule has 4 heterocycles. The van der Waals surface area contributed by atoms with Gasteiger partial charge in [0, 0.05) is 49.0 Å². The van der Waals surface area contributed by atoms with Gasteiger partial charge >= 0.3 is 0 Å². The first-order chi connectivity index (χ1) is 16.0. The Kier molecular flexibility index (Phi) is 5.97. The number of imidazole rings is 1. The monoisotopic (exact) mass is 481 g/mol. The van der Waals surface area contributed by atoms with E-state index in [1.54, 1.807) is 0 Å². The molecule has 3 aromatic heterocycles. The maximum Gasteiger partial charge on any atom is 0.262 e. The van der Waals surface area contributed by atoms with Gasteiger partial charge < -0.3 is 20.7 Å². The zero-order valence-electron chi connectivity index (χ0n) is 18.1. The van der Waals surface area contributed by atoms with Crippen molar-refractivity contribution in [3.05, 3.63) is 70.3 Å². The zero-order valence-corrected chi connectivity index (χ0v) is 19.7. The van der Waals surface area contributed by atoms with Gasteiger partial charge in [0.15, 0.2) is 0 Å². The molecule has 1 aliphatic rings. The van der Waals surface area contributed by atoms with Crippen LogP contribution in [0, 0.1) is 0 Å². The summed E-state index contributed by atoms with van der Waals surface area (Å²) in [6, 6.07) is 13.5. The number of piperazine rings is 1. The summed E-state index contributed by atoms with van der Waals surface area (Å²) < 4.78 is 8.21. The highest BCUT2D eigenvalue weighted by atomic mass is 35.5. The number of benzene rings is 1. The minimum absolute atomic E-state index is 0.347. The number of rotatable bonds is 6. The molecule has 1 saturated heterocycles. The van der Waals surface area contributed by atoms with E-state index < -0.39 is 5.91 Å². The Labute approximate surface area is 200 Å². The molecular weight excluding hydrogens is 458 g/mol. The second-order valence-corrected chi connectivity index (χ2v) is 9.41. The van der Waals surface area contributed by atoms with E-state index in [1.807, 2.05) is 49.5 Å². The van der Waals surface area contributed by atoms with Gasteiger partial charge in [-0.15, -0.1) is 11.3 Å². The van der Waals surface area contributed by atoms with Crippen molar-refractivity contribution in [3.63, 3.8) is 0 Å². The fraction of sp³-hybridized carbons (Fsp3) is 0.250. The Hall–Kier alpha value is -3.07. The number of amides is 1. The molecule has 0 unspecified atom stereocenters. The predicted molar refractivity (Wildman–Crippen MR) is 133 cm³/mol. The number of primary amides is 1. The van der Waals surface area contributed by atoms with Gasteiger partial charge in [-0.05, 0) is 25.1 Å². The first-order valence-corrected chi connectivity index (χ1v) is 12.0. The van der Waals surface area contributed by atoms with Crippen LogP contribution in [0.3, 0.4) is 0 Å². The maximum absolute atomic E-state index is 12.2. The molecule has 0 spiro atoms. The summed E-state index contributed by atoms with van der Waals surface area (Å²) in [5, 5.41) is 3.99. The molecule has 4 aromatic rings. The highest BCUT2D eigenvalue weighted by molar-refractivity contribution is 7.17. The molecule has 1 aromatic carbocycles. The summed E-state index contributed by atoms with van der Waals surface area (Å²) in [7, 11) is 0. The van der Waals surface area contributed by atoms with Gasteiger partial charge in [0.05, 0.1) is 22.5 Å². The Morgan fingerprint density at radius 3 is 2.79 bits per heavy atom. The largest absolute Gasteiger partial charge is 0.484 e. The molecule has 1 amide bonds. The predicted octanol–water partition coefficient (Wildman–Crippen LogP) is 4.36. The van der Waals surface area contributed by atoms with Crippen LogP contribution < -0.4 is 20.7 Å². The summed E-state index contributed by atoms with van der Waals surface area (Å²) in [5.74, 6) is -0.0777. The molecule has 1 aliphatic heterocycles. The van der Waals surface area contributed by atoms with Crippen molar-refractivity contribution in [2.24, 2.45) is 5.73 Å². The van der Waals surface area contributed by atoms with Crippen LogP contribution in [0.4, 0.5) is 5.69 Å². The normalized spacial score (nSPS) is 15.0. The molecule has 0 saturated carbocycles. The van der Waals surface area contributed by atoms with Crippen LogP contribution in [-0.2, 0) is 0 Å². The topological polar surface area (TPSA) is 84.9 Å². The smallest absolute Gasteiger partial charge is 0.262 e. The summed E-state index contributed by atoms with van der Waals surface area (Å²) in [6.07, 6.45) is 3.56. The highest BCUT2D eigenvalue weighted by Crippen LogP contribution is 2.39. The van der Waals surface area contributed by atoms with Crippen LogP contribution >= 0.6 is 22.9 Å². The number of nitrogens with zero attached hydrogens (tertiary/aromatic N) is 3. The van der Waals surface area contributed by atoms with Gasteiger partial charge in [0.25, 0.3) is 5.91 Å². The Morgan fingerprint density at radius 1 is 1.24 bits per heavy atom. The molecule has 7 nitrogen and oxygen atoms in total. The van der Waals surface area contributed by atoms with Crippen molar-refractivity contribution in [2.45, 2.75) is 13.0 Å². The van der Waals surface area contributed by atoms with Gasteiger partial charge in [-0.2, -0.15) is 0 Å². The number of carbonyl (C=O) groups excluding carboxylic acids is 1. The van der Waals surface area contributed by atoms with Crippen LogP contribution in [0.1, 0.15) is 28.3 Å². The molecule has 1 atom stereocenters. The molecule has 0 radical (unpaired) electrons. The van der Waals surface area contributed by atoms with Crippen molar-refractivity contribution >= 4 is 40.2 Å². The lowest BCUT2D eigenvalue weighted by Crippen LogP contribution is -2.43. The number of halogens is 1. The fourth-order valence-corrected chi connectivity index (χ4v) is 5.32. The average molecular weight is 482 g/mol. The van der Waals surface area contributed by atoms with Crippen LogP contribution in [-0.4, -0.2) is 41.5 Å². The van der Waals surface area contributed by atoms with Crippen molar-refractivity contribution < 1.29 is 9.53 Å². The molecule has 0 bridgehead atoms. The summed E-state index contributed by atoms with van der Waals surface area (Å²) in [5.41, 5.74) is 9.39. The molecule has 5 rings (SSSR count). The first-order valence-electron chi connectivity index (χ1n) is 10.8. The highest BCUT2D eigenvalue weighted by Gasteiger charge is 2.22. The van der Waals surface area contributed by atoms with Crippen LogP contribution in [0.5, 0.6) is 5.75 Å². The van der Waals surface area contributed by atoms with Gasteiger partial charge in [0.1, 0.15) is 22.4 Å². The Balaban J connectivity index is 1.50. The molecule has 3 N–H and O–H groups in total. The lowest BCUT2D eigenvalue weighted by molar-refractivity contribution is 0.0998. The van der Waals surface area contributed by atoms with Crippen molar-refractivity contribution in [2.75, 3.05) is 31.1 Å². The number of carbonyl (C=O) groups is 1. The second kappa shape index (κ2) is 9.05. The molecule has 170 valence electrons. The molecule has 0 aliphatic carbocycles. The quantitative estimate of drug-likeness (QED) is 0.427. The number of aromatic nitrogens is 2. The lowest BCUT2D eigenvalue weighted by Gasteiger charge is -2.29. The zero-order chi connectivity index (χ0) is 22.9. The van der Waals surface area contributed by atoms with Crippen molar-refractivity contribution in [1.82, 2.24) is 14.7 Å². The number of anilines is 1. The Bertz CT molecular complexity index is 1310. The minimum Gasteiger partial charge on any atom is -0.484 e. The number of fused-ring (bicyclic) bond motifs is 1. The standard InChI is InChI=1S/C24H24ClN5O2S/c1-15(17-4-2-3-5-18(17)25)32-20-12-21(33-23(20)24(26)31)19-13-28-22-7-6-16(14-30(19)22)29-10-8-27-9-11-29/h2-7,12-15,27H,8-11H2,1H3,(H2,26,31)/t15-/m1/s1. The first kappa shape index (κ1) is 21.8. The van der Waals surface area contributed by atoms with E-state index >= 15 is 0 Å². The van der Waals surface area contributed by atoms with Crippen LogP contribution in [0.2, 0.25) is 5.02 Å². The number of hydrogen-bond donors (Lipinski definition) is 2.